The Morgan fingerprint density at radius 2 is 2.03 bits per heavy atom. The van der Waals surface area contributed by atoms with E-state index in [1.54, 1.807) is 41.3 Å². The molecule has 2 amide bonds. The number of nitrogens with zero attached hydrogens (tertiary/aromatic N) is 3. The quantitative estimate of drug-likeness (QED) is 0.668. The fraction of sp³-hybridized carbons (Fsp3) is 0.286. The first kappa shape index (κ1) is 18.8. The number of hydrogen-bond acceptors (Lipinski definition) is 6. The third kappa shape index (κ3) is 3.68. The van der Waals surface area contributed by atoms with Gasteiger partial charge in [0.15, 0.2) is 16.5 Å². The molecule has 1 aromatic heterocycles. The molecule has 0 radical (unpaired) electrons. The lowest BCUT2D eigenvalue weighted by Gasteiger charge is -2.31. The summed E-state index contributed by atoms with van der Waals surface area (Å²) in [5.41, 5.74) is 1.11. The van der Waals surface area contributed by atoms with E-state index in [1.807, 2.05) is 0 Å². The maximum atomic E-state index is 14.0. The SMILES string of the molecule is O=C(Nc1ccc2c(c1)OCO2)N1CCCC(c2nnc(-c3ccccc3F)s2)C1. The first-order valence-electron chi connectivity index (χ1n) is 9.71. The topological polar surface area (TPSA) is 76.6 Å². The van der Waals surface area contributed by atoms with Crippen LogP contribution in [0.1, 0.15) is 23.8 Å². The van der Waals surface area contributed by atoms with Crippen molar-refractivity contribution in [2.75, 3.05) is 25.2 Å². The second-order valence-electron chi connectivity index (χ2n) is 7.21. The van der Waals surface area contributed by atoms with Crippen LogP contribution in [0.25, 0.3) is 10.6 Å². The molecule has 2 aliphatic heterocycles. The molecule has 1 unspecified atom stereocenters. The number of ether oxygens (including phenoxy) is 2. The molecule has 2 aliphatic rings. The summed E-state index contributed by atoms with van der Waals surface area (Å²) in [6.45, 7) is 1.41. The number of anilines is 1. The smallest absolute Gasteiger partial charge is 0.321 e. The van der Waals surface area contributed by atoms with Crippen LogP contribution in [-0.2, 0) is 0 Å². The van der Waals surface area contributed by atoms with Crippen molar-refractivity contribution in [3.63, 3.8) is 0 Å². The molecule has 0 spiro atoms. The van der Waals surface area contributed by atoms with Gasteiger partial charge in [-0.25, -0.2) is 9.18 Å². The minimum absolute atomic E-state index is 0.0827. The Morgan fingerprint density at radius 3 is 2.93 bits per heavy atom. The number of benzene rings is 2. The average molecular weight is 426 g/mol. The van der Waals surface area contributed by atoms with Crippen LogP contribution in [0, 0.1) is 5.82 Å². The molecule has 9 heteroatoms. The summed E-state index contributed by atoms with van der Waals surface area (Å²) >= 11 is 1.39. The van der Waals surface area contributed by atoms with E-state index < -0.39 is 0 Å². The first-order valence-corrected chi connectivity index (χ1v) is 10.5. The number of fused-ring (bicyclic) bond motifs is 1. The van der Waals surface area contributed by atoms with E-state index in [0.29, 0.717) is 40.8 Å². The van der Waals surface area contributed by atoms with Gasteiger partial charge in [0.2, 0.25) is 6.79 Å². The number of nitrogens with one attached hydrogen (secondary N) is 1. The zero-order valence-corrected chi connectivity index (χ0v) is 16.8. The lowest BCUT2D eigenvalue weighted by atomic mass is 9.99. The van der Waals surface area contributed by atoms with Crippen LogP contribution in [0.15, 0.2) is 42.5 Å². The summed E-state index contributed by atoms with van der Waals surface area (Å²) in [5.74, 6) is 1.07. The Labute approximate surface area is 176 Å². The van der Waals surface area contributed by atoms with Crippen LogP contribution in [0.3, 0.4) is 0 Å². The fourth-order valence-corrected chi connectivity index (χ4v) is 4.68. The van der Waals surface area contributed by atoms with Gasteiger partial charge >= 0.3 is 6.03 Å². The van der Waals surface area contributed by atoms with Gasteiger partial charge < -0.3 is 19.7 Å². The van der Waals surface area contributed by atoms with E-state index in [9.17, 15) is 9.18 Å². The molecule has 1 atom stereocenters. The highest BCUT2D eigenvalue weighted by Gasteiger charge is 2.28. The van der Waals surface area contributed by atoms with Crippen LogP contribution in [0.5, 0.6) is 11.5 Å². The van der Waals surface area contributed by atoms with Crippen molar-refractivity contribution >= 4 is 23.1 Å². The third-order valence-corrected chi connectivity index (χ3v) is 6.35. The minimum Gasteiger partial charge on any atom is -0.454 e. The number of amides is 2. The Bertz CT molecular complexity index is 1090. The number of carbonyl (C=O) groups excluding carboxylic acids is 1. The second-order valence-corrected chi connectivity index (χ2v) is 8.22. The minimum atomic E-state index is -0.312. The summed E-state index contributed by atoms with van der Waals surface area (Å²) in [5, 5.41) is 12.8. The first-order chi connectivity index (χ1) is 14.7. The number of aromatic nitrogens is 2. The average Bonchev–Trinajstić information content (AvgIpc) is 3.43. The summed E-state index contributed by atoms with van der Waals surface area (Å²) in [6.07, 6.45) is 1.79. The van der Waals surface area contributed by atoms with E-state index in [1.165, 1.54) is 17.4 Å². The molecule has 0 bridgehead atoms. The number of halogens is 1. The molecular formula is C21H19FN4O3S. The lowest BCUT2D eigenvalue weighted by molar-refractivity contribution is 0.174. The normalized spacial score (nSPS) is 17.8. The van der Waals surface area contributed by atoms with Gasteiger partial charge in [-0.1, -0.05) is 23.5 Å². The standard InChI is InChI=1S/C21H19FN4O3S/c22-16-6-2-1-5-15(16)20-25-24-19(30-20)13-4-3-9-26(11-13)21(27)23-14-7-8-17-18(10-14)29-12-28-17/h1-2,5-8,10,13H,3-4,9,11-12H2,(H,23,27). The zero-order valence-electron chi connectivity index (χ0n) is 16.0. The Kier molecular flexibility index (Phi) is 4.96. The highest BCUT2D eigenvalue weighted by atomic mass is 32.1. The maximum Gasteiger partial charge on any atom is 0.321 e. The third-order valence-electron chi connectivity index (χ3n) is 5.23. The van der Waals surface area contributed by atoms with Gasteiger partial charge in [0.25, 0.3) is 0 Å². The summed E-state index contributed by atoms with van der Waals surface area (Å²) in [6, 6.07) is 11.7. The van der Waals surface area contributed by atoms with Gasteiger partial charge in [0.05, 0.1) is 0 Å². The predicted molar refractivity (Wildman–Crippen MR) is 110 cm³/mol. The van der Waals surface area contributed by atoms with Crippen LogP contribution in [0.2, 0.25) is 0 Å². The van der Waals surface area contributed by atoms with Crippen LogP contribution < -0.4 is 14.8 Å². The summed E-state index contributed by atoms with van der Waals surface area (Å²) in [7, 11) is 0. The largest absolute Gasteiger partial charge is 0.454 e. The maximum absolute atomic E-state index is 14.0. The van der Waals surface area contributed by atoms with Crippen molar-refractivity contribution < 1.29 is 18.7 Å². The molecule has 0 aliphatic carbocycles. The van der Waals surface area contributed by atoms with E-state index in [2.05, 4.69) is 15.5 Å². The van der Waals surface area contributed by atoms with Crippen LogP contribution >= 0.6 is 11.3 Å². The number of carbonyl (C=O) groups is 1. The summed E-state index contributed by atoms with van der Waals surface area (Å²) in [4.78, 5) is 14.6. The predicted octanol–water partition coefficient (Wildman–Crippen LogP) is 4.48. The number of likely N-dealkylation sites (tertiary alicyclic amines) is 1. The van der Waals surface area contributed by atoms with Crippen molar-refractivity contribution in [2.45, 2.75) is 18.8 Å². The van der Waals surface area contributed by atoms with E-state index in [0.717, 1.165) is 17.8 Å². The molecule has 7 nitrogen and oxygen atoms in total. The molecule has 154 valence electrons. The Morgan fingerprint density at radius 1 is 1.17 bits per heavy atom. The summed E-state index contributed by atoms with van der Waals surface area (Å²) < 4.78 is 24.7. The molecule has 5 rings (SSSR count). The van der Waals surface area contributed by atoms with Crippen molar-refractivity contribution in [1.29, 1.82) is 0 Å². The fourth-order valence-electron chi connectivity index (χ4n) is 3.68. The molecule has 1 N–H and O–H groups in total. The monoisotopic (exact) mass is 426 g/mol. The Balaban J connectivity index is 1.27. The van der Waals surface area contributed by atoms with Gasteiger partial charge in [-0.3, -0.25) is 0 Å². The van der Waals surface area contributed by atoms with Gasteiger partial charge in [-0.05, 0) is 37.1 Å². The van der Waals surface area contributed by atoms with Crippen molar-refractivity contribution in [1.82, 2.24) is 15.1 Å². The number of urea groups is 1. The van der Waals surface area contributed by atoms with E-state index in [4.69, 9.17) is 9.47 Å². The number of rotatable bonds is 3. The lowest BCUT2D eigenvalue weighted by Crippen LogP contribution is -2.41. The molecule has 1 fully saturated rings. The Hall–Kier alpha value is -3.20. The van der Waals surface area contributed by atoms with Crippen LogP contribution in [-0.4, -0.2) is 41.0 Å². The molecule has 2 aromatic carbocycles. The van der Waals surface area contributed by atoms with E-state index >= 15 is 0 Å². The highest BCUT2D eigenvalue weighted by molar-refractivity contribution is 7.14. The highest BCUT2D eigenvalue weighted by Crippen LogP contribution is 2.35. The van der Waals surface area contributed by atoms with E-state index in [-0.39, 0.29) is 24.6 Å². The number of piperidine rings is 1. The second kappa shape index (κ2) is 7.91. The zero-order chi connectivity index (χ0) is 20.5. The van der Waals surface area contributed by atoms with Crippen molar-refractivity contribution in [2.24, 2.45) is 0 Å². The van der Waals surface area contributed by atoms with Gasteiger partial charge in [0.1, 0.15) is 10.8 Å². The van der Waals surface area contributed by atoms with Crippen LogP contribution in [0.4, 0.5) is 14.9 Å². The molecular weight excluding hydrogens is 407 g/mol. The van der Waals surface area contributed by atoms with Crippen molar-refractivity contribution in [3.8, 4) is 22.1 Å². The molecule has 1 saturated heterocycles. The van der Waals surface area contributed by atoms with Gasteiger partial charge in [-0.15, -0.1) is 10.2 Å². The van der Waals surface area contributed by atoms with Gasteiger partial charge in [0, 0.05) is 36.3 Å². The molecule has 30 heavy (non-hydrogen) atoms. The number of hydrogen-bond donors (Lipinski definition) is 1. The molecule has 0 saturated carbocycles. The van der Waals surface area contributed by atoms with Crippen molar-refractivity contribution in [3.05, 3.63) is 53.3 Å². The molecule has 3 aromatic rings. The molecule has 3 heterocycles. The van der Waals surface area contributed by atoms with Gasteiger partial charge in [-0.2, -0.15) is 0 Å².